The average molecular weight is 269 g/mol. The molecule has 0 bridgehead atoms. The minimum absolute atomic E-state index is 0.0518. The van der Waals surface area contributed by atoms with E-state index in [9.17, 15) is 9.59 Å². The van der Waals surface area contributed by atoms with E-state index in [1.807, 2.05) is 0 Å². The summed E-state index contributed by atoms with van der Waals surface area (Å²) in [5, 5.41) is 12.6. The van der Waals surface area contributed by atoms with Gasteiger partial charge in [-0.15, -0.1) is 5.10 Å². The Morgan fingerprint density at radius 1 is 1.32 bits per heavy atom. The number of hydrogen-bond acceptors (Lipinski definition) is 5. The summed E-state index contributed by atoms with van der Waals surface area (Å²) < 4.78 is 1.13. The van der Waals surface area contributed by atoms with E-state index in [4.69, 9.17) is 9.99 Å². The molecule has 2 heterocycles. The van der Waals surface area contributed by atoms with Crippen molar-refractivity contribution < 1.29 is 24.5 Å². The number of carboxylic acid groups (broad SMARTS) is 1. The van der Waals surface area contributed by atoms with Crippen LogP contribution in [0.5, 0.6) is 5.88 Å². The van der Waals surface area contributed by atoms with Crippen molar-refractivity contribution in [2.45, 2.75) is 19.3 Å². The first-order chi connectivity index (χ1) is 9.08. The van der Waals surface area contributed by atoms with Crippen molar-refractivity contribution >= 4 is 12.1 Å². The maximum Gasteiger partial charge on any atom is 0.452 e. The second-order valence-electron chi connectivity index (χ2n) is 4.28. The zero-order valence-electron chi connectivity index (χ0n) is 10.5. The summed E-state index contributed by atoms with van der Waals surface area (Å²) in [6.45, 7) is 1.29. The van der Waals surface area contributed by atoms with Crippen LogP contribution in [-0.4, -0.2) is 44.9 Å². The highest BCUT2D eigenvalue weighted by atomic mass is 17.2. The summed E-state index contributed by atoms with van der Waals surface area (Å²) in [5.41, 5.74) is -0.0518. The summed E-state index contributed by atoms with van der Waals surface area (Å²) in [4.78, 5) is 33.3. The van der Waals surface area contributed by atoms with Crippen LogP contribution >= 0.6 is 0 Å². The van der Waals surface area contributed by atoms with Gasteiger partial charge in [-0.3, -0.25) is 9.57 Å². The maximum absolute atomic E-state index is 11.6. The summed E-state index contributed by atoms with van der Waals surface area (Å²) in [6, 6.07) is 1.19. The number of aromatic carboxylic acids is 1. The van der Waals surface area contributed by atoms with Gasteiger partial charge in [0.15, 0.2) is 0 Å². The molecule has 1 N–H and O–H groups in total. The summed E-state index contributed by atoms with van der Waals surface area (Å²) >= 11 is 0. The van der Waals surface area contributed by atoms with E-state index >= 15 is 0 Å². The third kappa shape index (κ3) is 3.15. The molecule has 0 atom stereocenters. The van der Waals surface area contributed by atoms with E-state index in [1.165, 1.54) is 13.1 Å². The lowest BCUT2D eigenvalue weighted by atomic mass is 10.1. The zero-order chi connectivity index (χ0) is 13.8. The molecule has 104 valence electrons. The summed E-state index contributed by atoms with van der Waals surface area (Å²) in [5.74, 6) is -1.20. The number of carbonyl (C=O) groups is 2. The van der Waals surface area contributed by atoms with E-state index in [0.717, 1.165) is 23.9 Å². The number of piperidine rings is 1. The molecule has 2 rings (SSSR count). The molecule has 1 aliphatic heterocycles. The van der Waals surface area contributed by atoms with Crippen LogP contribution in [0.4, 0.5) is 4.79 Å². The van der Waals surface area contributed by atoms with E-state index in [2.05, 4.69) is 9.99 Å². The first kappa shape index (κ1) is 13.2. The van der Waals surface area contributed by atoms with E-state index < -0.39 is 12.1 Å². The summed E-state index contributed by atoms with van der Waals surface area (Å²) in [6.07, 6.45) is 2.42. The van der Waals surface area contributed by atoms with Crippen LogP contribution in [0, 0.1) is 0 Å². The molecule has 1 aromatic rings. The Hall–Kier alpha value is -2.25. The quantitative estimate of drug-likeness (QED) is 0.650. The lowest BCUT2D eigenvalue weighted by Crippen LogP contribution is -2.36. The number of rotatable bonds is 3. The Bertz CT molecular complexity index is 479. The van der Waals surface area contributed by atoms with Crippen LogP contribution in [0.3, 0.4) is 0 Å². The predicted molar refractivity (Wildman–Crippen MR) is 62.7 cm³/mol. The van der Waals surface area contributed by atoms with Gasteiger partial charge in [-0.25, -0.2) is 14.5 Å². The molecule has 0 saturated carbocycles. The van der Waals surface area contributed by atoms with Crippen molar-refractivity contribution in [3.8, 4) is 5.88 Å². The fourth-order valence-corrected chi connectivity index (χ4v) is 1.89. The minimum Gasteiger partial charge on any atom is -0.477 e. The third-order valence-corrected chi connectivity index (χ3v) is 2.89. The van der Waals surface area contributed by atoms with Gasteiger partial charge in [0.2, 0.25) is 0 Å². The van der Waals surface area contributed by atoms with Crippen molar-refractivity contribution in [2.75, 3.05) is 13.1 Å². The zero-order valence-corrected chi connectivity index (χ0v) is 10.5. The van der Waals surface area contributed by atoms with Gasteiger partial charge in [0, 0.05) is 26.2 Å². The van der Waals surface area contributed by atoms with Crippen molar-refractivity contribution in [3.63, 3.8) is 0 Å². The molecule has 8 nitrogen and oxygen atoms in total. The molecule has 0 aromatic carbocycles. The number of amides is 1. The molecule has 1 aliphatic rings. The smallest absolute Gasteiger partial charge is 0.452 e. The number of nitrogens with zero attached hydrogens (tertiary/aromatic N) is 3. The molecule has 1 fully saturated rings. The molecule has 0 radical (unpaired) electrons. The lowest BCUT2D eigenvalue weighted by molar-refractivity contribution is -0.158. The van der Waals surface area contributed by atoms with Crippen LogP contribution in [0.2, 0.25) is 0 Å². The molecular formula is C11H15N3O5. The van der Waals surface area contributed by atoms with Crippen molar-refractivity contribution in [1.29, 1.82) is 0 Å². The SMILES string of the molecule is Cn1nc(OOC(=O)N2CCCCC2)cc1C(=O)O. The number of hydrogen-bond donors (Lipinski definition) is 1. The fraction of sp³-hybridized carbons (Fsp3) is 0.545. The van der Waals surface area contributed by atoms with Crippen molar-refractivity contribution in [1.82, 2.24) is 14.7 Å². The molecule has 0 aliphatic carbocycles. The van der Waals surface area contributed by atoms with Crippen LogP contribution < -0.4 is 4.89 Å². The normalized spacial score (nSPS) is 15.1. The third-order valence-electron chi connectivity index (χ3n) is 2.89. The topological polar surface area (TPSA) is 93.9 Å². The largest absolute Gasteiger partial charge is 0.477 e. The van der Waals surface area contributed by atoms with Gasteiger partial charge in [0.1, 0.15) is 5.69 Å². The van der Waals surface area contributed by atoms with Gasteiger partial charge in [0.25, 0.3) is 5.88 Å². The Balaban J connectivity index is 1.89. The fourth-order valence-electron chi connectivity index (χ4n) is 1.89. The standard InChI is InChI=1S/C11H15N3O5/c1-13-8(10(15)16)7-9(12-13)18-19-11(17)14-5-3-2-4-6-14/h7H,2-6H2,1H3,(H,15,16). The maximum atomic E-state index is 11.6. The molecule has 1 amide bonds. The second kappa shape index (κ2) is 5.59. The van der Waals surface area contributed by atoms with Gasteiger partial charge in [-0.05, 0) is 19.3 Å². The van der Waals surface area contributed by atoms with Gasteiger partial charge in [0.05, 0.1) is 0 Å². The molecular weight excluding hydrogens is 254 g/mol. The van der Waals surface area contributed by atoms with Crippen LogP contribution in [-0.2, 0) is 11.9 Å². The summed E-state index contributed by atoms with van der Waals surface area (Å²) in [7, 11) is 1.46. The number of likely N-dealkylation sites (tertiary alicyclic amines) is 1. The Morgan fingerprint density at radius 3 is 2.58 bits per heavy atom. The number of aromatic nitrogens is 2. The van der Waals surface area contributed by atoms with Crippen molar-refractivity contribution in [2.24, 2.45) is 7.05 Å². The molecule has 0 unspecified atom stereocenters. The molecule has 19 heavy (non-hydrogen) atoms. The van der Waals surface area contributed by atoms with E-state index in [1.54, 1.807) is 4.90 Å². The molecule has 1 aromatic heterocycles. The predicted octanol–water partition coefficient (Wildman–Crippen LogP) is 1.03. The molecule has 0 spiro atoms. The molecule has 1 saturated heterocycles. The Morgan fingerprint density at radius 2 is 2.00 bits per heavy atom. The highest BCUT2D eigenvalue weighted by Crippen LogP contribution is 2.13. The van der Waals surface area contributed by atoms with Gasteiger partial charge < -0.3 is 10.0 Å². The lowest BCUT2D eigenvalue weighted by Gasteiger charge is -2.24. The van der Waals surface area contributed by atoms with Crippen molar-refractivity contribution in [3.05, 3.63) is 11.8 Å². The van der Waals surface area contributed by atoms with E-state index in [-0.39, 0.29) is 11.6 Å². The molecule has 8 heteroatoms. The van der Waals surface area contributed by atoms with Crippen LogP contribution in [0.15, 0.2) is 6.07 Å². The van der Waals surface area contributed by atoms with Gasteiger partial charge in [-0.1, -0.05) is 0 Å². The Kier molecular flexibility index (Phi) is 3.88. The van der Waals surface area contributed by atoms with E-state index in [0.29, 0.717) is 13.1 Å². The Labute approximate surface area is 109 Å². The first-order valence-corrected chi connectivity index (χ1v) is 5.98. The first-order valence-electron chi connectivity index (χ1n) is 5.98. The highest BCUT2D eigenvalue weighted by molar-refractivity contribution is 5.85. The monoisotopic (exact) mass is 269 g/mol. The van der Waals surface area contributed by atoms with Gasteiger partial charge >= 0.3 is 12.1 Å². The number of carboxylic acids is 1. The van der Waals surface area contributed by atoms with Gasteiger partial charge in [-0.2, -0.15) is 0 Å². The van der Waals surface area contributed by atoms with Crippen LogP contribution in [0.1, 0.15) is 29.8 Å². The second-order valence-corrected chi connectivity index (χ2v) is 4.28. The van der Waals surface area contributed by atoms with Crippen LogP contribution in [0.25, 0.3) is 0 Å². The number of carbonyl (C=O) groups excluding carboxylic acids is 1. The number of aryl methyl sites for hydroxylation is 1. The average Bonchev–Trinajstić information content (AvgIpc) is 2.78. The highest BCUT2D eigenvalue weighted by Gasteiger charge is 2.20. The minimum atomic E-state index is -1.13.